The average molecular weight is 362 g/mol. The monoisotopic (exact) mass is 362 g/mol. The van der Waals surface area contributed by atoms with Crippen LogP contribution in [0, 0.1) is 0 Å². The van der Waals surface area contributed by atoms with Gasteiger partial charge in [-0.05, 0) is 25.1 Å². The number of benzene rings is 1. The Bertz CT molecular complexity index is 652. The molecule has 0 atom stereocenters. The van der Waals surface area contributed by atoms with Crippen LogP contribution in [0.1, 0.15) is 17.3 Å². The molecule has 11 heteroatoms. The van der Waals surface area contributed by atoms with Crippen LogP contribution in [0.5, 0.6) is 11.5 Å². The number of hydrogen-bond acceptors (Lipinski definition) is 4. The van der Waals surface area contributed by atoms with Crippen molar-refractivity contribution in [3.8, 4) is 11.5 Å². The van der Waals surface area contributed by atoms with Crippen molar-refractivity contribution in [3.63, 3.8) is 0 Å². The Kier molecular flexibility index (Phi) is 5.16. The van der Waals surface area contributed by atoms with E-state index in [1.165, 1.54) is 0 Å². The molecule has 0 radical (unpaired) electrons. The molecule has 0 unspecified atom stereocenters. The van der Waals surface area contributed by atoms with Crippen molar-refractivity contribution >= 4 is 11.8 Å². The predicted octanol–water partition coefficient (Wildman–Crippen LogP) is 3.64. The number of carbonyl (C=O) groups excluding carboxylic acids is 2. The van der Waals surface area contributed by atoms with Crippen LogP contribution in [-0.4, -0.2) is 36.9 Å². The Morgan fingerprint density at radius 1 is 0.958 bits per heavy atom. The molecule has 0 aromatic heterocycles. The van der Waals surface area contributed by atoms with Crippen molar-refractivity contribution in [2.45, 2.75) is 24.9 Å². The van der Waals surface area contributed by atoms with Gasteiger partial charge in [-0.1, -0.05) is 0 Å². The highest BCUT2D eigenvalue weighted by atomic mass is 19.4. The molecule has 1 rings (SSSR count). The molecule has 0 saturated heterocycles. The van der Waals surface area contributed by atoms with E-state index in [0.29, 0.717) is 0 Å². The number of rotatable bonds is 5. The molecule has 0 aliphatic heterocycles. The van der Waals surface area contributed by atoms with Gasteiger partial charge in [0, 0.05) is 5.56 Å². The number of methoxy groups -OCH3 is 1. The SMILES string of the molecule is COc1cc(C(C)=O)ccc1OC(=O)C(F)(F)C(F)(F)C(F)(F)F. The fraction of sp³-hybridized carbons (Fsp3) is 0.385. The lowest BCUT2D eigenvalue weighted by Crippen LogP contribution is -2.57. The zero-order chi connectivity index (χ0) is 18.9. The van der Waals surface area contributed by atoms with Gasteiger partial charge in [-0.3, -0.25) is 4.79 Å². The molecule has 134 valence electrons. The molecule has 0 spiro atoms. The number of alkyl halides is 7. The van der Waals surface area contributed by atoms with Crippen LogP contribution in [0.25, 0.3) is 0 Å². The minimum absolute atomic E-state index is 0.000898. The third kappa shape index (κ3) is 3.44. The van der Waals surface area contributed by atoms with E-state index in [0.717, 1.165) is 32.2 Å². The lowest BCUT2D eigenvalue weighted by atomic mass is 10.1. The highest BCUT2D eigenvalue weighted by Gasteiger charge is 2.77. The molecule has 0 fully saturated rings. The number of esters is 1. The van der Waals surface area contributed by atoms with Gasteiger partial charge >= 0.3 is 24.0 Å². The molecule has 1 aromatic rings. The van der Waals surface area contributed by atoms with E-state index >= 15 is 0 Å². The molecule has 1 aromatic carbocycles. The van der Waals surface area contributed by atoms with Crippen molar-refractivity contribution in [1.29, 1.82) is 0 Å². The number of ether oxygens (including phenoxy) is 2. The Labute approximate surface area is 130 Å². The largest absolute Gasteiger partial charge is 0.493 e. The van der Waals surface area contributed by atoms with Gasteiger partial charge in [0.2, 0.25) is 0 Å². The van der Waals surface area contributed by atoms with Gasteiger partial charge in [0.15, 0.2) is 17.3 Å². The number of halogens is 7. The van der Waals surface area contributed by atoms with Gasteiger partial charge < -0.3 is 9.47 Å². The highest BCUT2D eigenvalue weighted by Crippen LogP contribution is 2.47. The standard InChI is InChI=1S/C13H9F7O4/c1-6(21)7-3-4-8(9(5-7)23-2)24-10(22)11(14,15)12(16,17)13(18,19)20/h3-5H,1-2H3. The molecule has 4 nitrogen and oxygen atoms in total. The quantitative estimate of drug-likeness (QED) is 0.347. The van der Waals surface area contributed by atoms with Crippen molar-refractivity contribution < 1.29 is 49.8 Å². The fourth-order valence-corrected chi connectivity index (χ4v) is 1.44. The Balaban J connectivity index is 3.17. The van der Waals surface area contributed by atoms with Crippen molar-refractivity contribution in [2.75, 3.05) is 7.11 Å². The van der Waals surface area contributed by atoms with Crippen LogP contribution < -0.4 is 9.47 Å². The summed E-state index contributed by atoms with van der Waals surface area (Å²) < 4.78 is 96.5. The second-order valence-corrected chi connectivity index (χ2v) is 4.46. The number of carbonyl (C=O) groups is 2. The van der Waals surface area contributed by atoms with Crippen LogP contribution in [0.3, 0.4) is 0 Å². The van der Waals surface area contributed by atoms with Gasteiger partial charge in [-0.15, -0.1) is 0 Å². The van der Waals surface area contributed by atoms with E-state index < -0.39 is 41.3 Å². The first kappa shape index (κ1) is 19.7. The van der Waals surface area contributed by atoms with Crippen LogP contribution in [-0.2, 0) is 4.79 Å². The second-order valence-electron chi connectivity index (χ2n) is 4.46. The summed E-state index contributed by atoms with van der Waals surface area (Å²) in [6.07, 6.45) is -6.67. The number of Topliss-reactive ketones (excluding diaryl/α,β-unsaturated/α-hetero) is 1. The summed E-state index contributed by atoms with van der Waals surface area (Å²) in [5, 5.41) is 0. The van der Waals surface area contributed by atoms with E-state index in [4.69, 9.17) is 0 Å². The van der Waals surface area contributed by atoms with Crippen LogP contribution >= 0.6 is 0 Å². The zero-order valence-electron chi connectivity index (χ0n) is 12.0. The van der Waals surface area contributed by atoms with E-state index in [9.17, 15) is 40.3 Å². The first-order valence-electron chi connectivity index (χ1n) is 5.99. The summed E-state index contributed by atoms with van der Waals surface area (Å²) in [5.74, 6) is -17.8. The number of hydrogen-bond donors (Lipinski definition) is 0. The molecule has 0 aliphatic rings. The molecule has 24 heavy (non-hydrogen) atoms. The summed E-state index contributed by atoms with van der Waals surface area (Å²) in [6.45, 7) is 1.14. The van der Waals surface area contributed by atoms with E-state index in [1.54, 1.807) is 0 Å². The third-order valence-corrected chi connectivity index (χ3v) is 2.78. The van der Waals surface area contributed by atoms with Crippen molar-refractivity contribution in [1.82, 2.24) is 0 Å². The Morgan fingerprint density at radius 3 is 1.92 bits per heavy atom. The topological polar surface area (TPSA) is 52.6 Å². The Morgan fingerprint density at radius 2 is 1.50 bits per heavy atom. The zero-order valence-corrected chi connectivity index (χ0v) is 12.0. The van der Waals surface area contributed by atoms with Gasteiger partial charge in [-0.25, -0.2) is 4.79 Å². The summed E-state index contributed by atoms with van der Waals surface area (Å²) in [7, 11) is 0.971. The molecule has 0 N–H and O–H groups in total. The molecule has 0 saturated carbocycles. The minimum atomic E-state index is -6.67. The molecule has 0 amide bonds. The van der Waals surface area contributed by atoms with Crippen LogP contribution in [0.15, 0.2) is 18.2 Å². The summed E-state index contributed by atoms with van der Waals surface area (Å²) in [4.78, 5) is 22.3. The van der Waals surface area contributed by atoms with Crippen LogP contribution in [0.4, 0.5) is 30.7 Å². The van der Waals surface area contributed by atoms with Gasteiger partial charge in [0.25, 0.3) is 0 Å². The van der Waals surface area contributed by atoms with Gasteiger partial charge in [-0.2, -0.15) is 30.7 Å². The maximum atomic E-state index is 13.2. The van der Waals surface area contributed by atoms with E-state index in [-0.39, 0.29) is 5.56 Å². The van der Waals surface area contributed by atoms with E-state index in [1.807, 2.05) is 0 Å². The Hall–Kier alpha value is -2.33. The summed E-state index contributed by atoms with van der Waals surface area (Å²) in [5.41, 5.74) is -0.000898. The van der Waals surface area contributed by atoms with Crippen molar-refractivity contribution in [2.24, 2.45) is 0 Å². The molecule has 0 aliphatic carbocycles. The van der Waals surface area contributed by atoms with Crippen molar-refractivity contribution in [3.05, 3.63) is 23.8 Å². The molecule has 0 bridgehead atoms. The fourth-order valence-electron chi connectivity index (χ4n) is 1.44. The molecular formula is C13H9F7O4. The third-order valence-electron chi connectivity index (χ3n) is 2.78. The van der Waals surface area contributed by atoms with Crippen LogP contribution in [0.2, 0.25) is 0 Å². The molecule has 0 heterocycles. The predicted molar refractivity (Wildman–Crippen MR) is 64.6 cm³/mol. The minimum Gasteiger partial charge on any atom is -0.493 e. The maximum absolute atomic E-state index is 13.2. The smallest absolute Gasteiger partial charge is 0.460 e. The highest BCUT2D eigenvalue weighted by molar-refractivity contribution is 5.95. The normalized spacial score (nSPS) is 12.7. The summed E-state index contributed by atoms with van der Waals surface area (Å²) in [6, 6.07) is 2.66. The summed E-state index contributed by atoms with van der Waals surface area (Å²) >= 11 is 0. The lowest BCUT2D eigenvalue weighted by molar-refractivity contribution is -0.346. The van der Waals surface area contributed by atoms with Gasteiger partial charge in [0.1, 0.15) is 0 Å². The molecular weight excluding hydrogens is 353 g/mol. The maximum Gasteiger partial charge on any atom is 0.460 e. The first-order valence-corrected chi connectivity index (χ1v) is 5.99. The average Bonchev–Trinajstić information content (AvgIpc) is 2.45. The van der Waals surface area contributed by atoms with E-state index in [2.05, 4.69) is 9.47 Å². The second kappa shape index (κ2) is 6.29. The first-order chi connectivity index (χ1) is 10.8. The lowest BCUT2D eigenvalue weighted by Gasteiger charge is -2.26. The number of ketones is 1. The van der Waals surface area contributed by atoms with Gasteiger partial charge in [0.05, 0.1) is 7.11 Å².